The van der Waals surface area contributed by atoms with Crippen molar-refractivity contribution in [2.45, 2.75) is 26.7 Å². The fraction of sp³-hybridized carbons (Fsp3) is 0.389. The minimum atomic E-state index is -0.370. The molecule has 0 saturated carbocycles. The molecule has 1 heterocycles. The third-order valence-corrected chi connectivity index (χ3v) is 3.49. The highest BCUT2D eigenvalue weighted by atomic mass is 16.5. The molecule has 0 atom stereocenters. The van der Waals surface area contributed by atoms with Crippen LogP contribution in [0, 0.1) is 0 Å². The number of methoxy groups -OCH3 is 1. The molecule has 24 heavy (non-hydrogen) atoms. The van der Waals surface area contributed by atoms with E-state index >= 15 is 0 Å². The summed E-state index contributed by atoms with van der Waals surface area (Å²) < 4.78 is 4.74. The van der Waals surface area contributed by atoms with Crippen molar-refractivity contribution in [2.24, 2.45) is 0 Å². The molecule has 0 amide bonds. The van der Waals surface area contributed by atoms with Crippen LogP contribution in [-0.2, 0) is 4.74 Å². The van der Waals surface area contributed by atoms with Gasteiger partial charge in [0.2, 0.25) is 5.95 Å². The number of ether oxygens (including phenoxy) is 1. The molecule has 0 bridgehead atoms. The van der Waals surface area contributed by atoms with E-state index in [0.29, 0.717) is 11.5 Å². The Bertz CT molecular complexity index is 670. The average molecular weight is 328 g/mol. The first kappa shape index (κ1) is 17.7. The summed E-state index contributed by atoms with van der Waals surface area (Å²) in [6.45, 7) is 6.23. The lowest BCUT2D eigenvalue weighted by atomic mass is 10.2. The van der Waals surface area contributed by atoms with E-state index < -0.39 is 0 Å². The van der Waals surface area contributed by atoms with E-state index in [1.807, 2.05) is 12.1 Å². The molecule has 0 radical (unpaired) electrons. The normalized spacial score (nSPS) is 10.3. The molecule has 1 N–H and O–H groups in total. The first-order valence-electron chi connectivity index (χ1n) is 8.21. The van der Waals surface area contributed by atoms with E-state index in [4.69, 9.17) is 4.74 Å². The van der Waals surface area contributed by atoms with Gasteiger partial charge in [-0.1, -0.05) is 19.9 Å². The summed E-state index contributed by atoms with van der Waals surface area (Å²) in [6, 6.07) is 8.99. The Balaban J connectivity index is 2.18. The number of anilines is 3. The molecule has 128 valence electrons. The van der Waals surface area contributed by atoms with Crippen LogP contribution in [0.3, 0.4) is 0 Å². The van der Waals surface area contributed by atoms with Gasteiger partial charge in [0.25, 0.3) is 0 Å². The lowest BCUT2D eigenvalue weighted by Crippen LogP contribution is -2.26. The Kier molecular flexibility index (Phi) is 6.54. The molecule has 1 aromatic heterocycles. The average Bonchev–Trinajstić information content (AvgIpc) is 2.61. The van der Waals surface area contributed by atoms with Crippen LogP contribution in [0.25, 0.3) is 0 Å². The molecule has 0 aliphatic carbocycles. The Morgan fingerprint density at radius 2 is 1.96 bits per heavy atom. The molecule has 0 spiro atoms. The lowest BCUT2D eigenvalue weighted by molar-refractivity contribution is 0.0601. The Morgan fingerprint density at radius 3 is 2.62 bits per heavy atom. The van der Waals surface area contributed by atoms with Gasteiger partial charge >= 0.3 is 5.97 Å². The Morgan fingerprint density at radius 1 is 1.21 bits per heavy atom. The van der Waals surface area contributed by atoms with Crippen LogP contribution in [0.1, 0.15) is 37.0 Å². The van der Waals surface area contributed by atoms with Gasteiger partial charge in [0.15, 0.2) is 0 Å². The number of aromatic nitrogens is 2. The molecule has 0 fully saturated rings. The van der Waals surface area contributed by atoms with Crippen molar-refractivity contribution in [1.29, 1.82) is 0 Å². The van der Waals surface area contributed by atoms with Gasteiger partial charge in [-0.25, -0.2) is 9.78 Å². The number of rotatable bonds is 8. The summed E-state index contributed by atoms with van der Waals surface area (Å²) in [5, 5.41) is 3.15. The number of nitrogens with zero attached hydrogens (tertiary/aromatic N) is 3. The quantitative estimate of drug-likeness (QED) is 0.746. The van der Waals surface area contributed by atoms with Gasteiger partial charge in [-0.2, -0.15) is 4.98 Å². The number of nitrogens with one attached hydrogen (secondary N) is 1. The van der Waals surface area contributed by atoms with Crippen molar-refractivity contribution >= 4 is 23.4 Å². The second kappa shape index (κ2) is 8.86. The second-order valence-electron chi connectivity index (χ2n) is 5.42. The minimum absolute atomic E-state index is 0.370. The van der Waals surface area contributed by atoms with Crippen molar-refractivity contribution in [3.63, 3.8) is 0 Å². The number of carbonyl (C=O) groups is 1. The fourth-order valence-electron chi connectivity index (χ4n) is 2.44. The molecule has 6 nitrogen and oxygen atoms in total. The molecule has 0 saturated heterocycles. The summed E-state index contributed by atoms with van der Waals surface area (Å²) in [6.07, 6.45) is 3.87. The molecule has 2 aromatic rings. The van der Waals surface area contributed by atoms with E-state index in [0.717, 1.165) is 37.4 Å². The molecule has 1 aromatic carbocycles. The maximum absolute atomic E-state index is 11.6. The summed E-state index contributed by atoms with van der Waals surface area (Å²) >= 11 is 0. The van der Waals surface area contributed by atoms with Crippen LogP contribution in [0.15, 0.2) is 36.5 Å². The van der Waals surface area contributed by atoms with Gasteiger partial charge in [0, 0.05) is 25.0 Å². The highest BCUT2D eigenvalue weighted by Gasteiger charge is 2.09. The Labute approximate surface area is 142 Å². The van der Waals surface area contributed by atoms with Crippen LogP contribution in [0.5, 0.6) is 0 Å². The SMILES string of the molecule is CCCN(CCC)c1ccnc(Nc2cccc(C(=O)OC)c2)n1. The third kappa shape index (κ3) is 4.68. The maximum Gasteiger partial charge on any atom is 0.337 e. The molecule has 6 heteroatoms. The van der Waals surface area contributed by atoms with E-state index in [2.05, 4.69) is 34.0 Å². The Hall–Kier alpha value is -2.63. The third-order valence-electron chi connectivity index (χ3n) is 3.49. The van der Waals surface area contributed by atoms with Crippen LogP contribution >= 0.6 is 0 Å². The molecule has 0 aliphatic rings. The molecular weight excluding hydrogens is 304 g/mol. The van der Waals surface area contributed by atoms with Crippen LogP contribution in [0.4, 0.5) is 17.5 Å². The number of benzene rings is 1. The monoisotopic (exact) mass is 328 g/mol. The van der Waals surface area contributed by atoms with Gasteiger partial charge in [-0.15, -0.1) is 0 Å². The zero-order valence-electron chi connectivity index (χ0n) is 14.5. The summed E-state index contributed by atoms with van der Waals surface area (Å²) in [4.78, 5) is 22.7. The highest BCUT2D eigenvalue weighted by molar-refractivity contribution is 5.90. The topological polar surface area (TPSA) is 67.4 Å². The first-order chi connectivity index (χ1) is 11.7. The molecule has 0 aliphatic heterocycles. The van der Waals surface area contributed by atoms with Crippen LogP contribution < -0.4 is 10.2 Å². The molecular formula is C18H24N4O2. The van der Waals surface area contributed by atoms with Crippen molar-refractivity contribution in [2.75, 3.05) is 30.4 Å². The standard InChI is InChI=1S/C18H24N4O2/c1-4-11-22(12-5-2)16-9-10-19-18(21-16)20-15-8-6-7-14(13-15)17(23)24-3/h6-10,13H,4-5,11-12H2,1-3H3,(H,19,20,21). The van der Waals surface area contributed by atoms with Gasteiger partial charge in [-0.3, -0.25) is 0 Å². The summed E-state index contributed by atoms with van der Waals surface area (Å²) in [5.74, 6) is 1.04. The first-order valence-corrected chi connectivity index (χ1v) is 8.21. The van der Waals surface area contributed by atoms with Crippen molar-refractivity contribution < 1.29 is 9.53 Å². The van der Waals surface area contributed by atoms with E-state index in [1.54, 1.807) is 24.4 Å². The second-order valence-corrected chi connectivity index (χ2v) is 5.42. The van der Waals surface area contributed by atoms with Gasteiger partial charge in [-0.05, 0) is 37.1 Å². The van der Waals surface area contributed by atoms with Crippen LogP contribution in [0.2, 0.25) is 0 Å². The number of hydrogen-bond donors (Lipinski definition) is 1. The van der Waals surface area contributed by atoms with Crippen molar-refractivity contribution in [3.8, 4) is 0 Å². The summed E-state index contributed by atoms with van der Waals surface area (Å²) in [5.41, 5.74) is 1.23. The predicted molar refractivity (Wildman–Crippen MR) is 95.9 cm³/mol. The van der Waals surface area contributed by atoms with Gasteiger partial charge < -0.3 is 15.0 Å². The molecule has 2 rings (SSSR count). The molecule has 0 unspecified atom stereocenters. The smallest absolute Gasteiger partial charge is 0.337 e. The fourth-order valence-corrected chi connectivity index (χ4v) is 2.44. The van der Waals surface area contributed by atoms with Crippen molar-refractivity contribution in [1.82, 2.24) is 9.97 Å². The zero-order chi connectivity index (χ0) is 17.4. The van der Waals surface area contributed by atoms with E-state index in [9.17, 15) is 4.79 Å². The minimum Gasteiger partial charge on any atom is -0.465 e. The number of esters is 1. The zero-order valence-corrected chi connectivity index (χ0v) is 14.5. The van der Waals surface area contributed by atoms with Crippen LogP contribution in [-0.4, -0.2) is 36.1 Å². The van der Waals surface area contributed by atoms with Crippen molar-refractivity contribution in [3.05, 3.63) is 42.1 Å². The number of hydrogen-bond acceptors (Lipinski definition) is 6. The number of carbonyl (C=O) groups excluding carboxylic acids is 1. The highest BCUT2D eigenvalue weighted by Crippen LogP contribution is 2.18. The van der Waals surface area contributed by atoms with E-state index in [1.165, 1.54) is 7.11 Å². The van der Waals surface area contributed by atoms with E-state index in [-0.39, 0.29) is 5.97 Å². The van der Waals surface area contributed by atoms with Gasteiger partial charge in [0.05, 0.1) is 12.7 Å². The van der Waals surface area contributed by atoms with Gasteiger partial charge in [0.1, 0.15) is 5.82 Å². The lowest BCUT2D eigenvalue weighted by Gasteiger charge is -2.22. The predicted octanol–water partition coefficient (Wildman–Crippen LogP) is 3.63. The summed E-state index contributed by atoms with van der Waals surface area (Å²) in [7, 11) is 1.37. The largest absolute Gasteiger partial charge is 0.465 e. The maximum atomic E-state index is 11.6.